The first kappa shape index (κ1) is 11.9. The van der Waals surface area contributed by atoms with Crippen molar-refractivity contribution in [1.29, 1.82) is 0 Å². The first-order valence-corrected chi connectivity index (χ1v) is 6.34. The summed E-state index contributed by atoms with van der Waals surface area (Å²) in [5.74, 6) is 0.788. The van der Waals surface area contributed by atoms with Gasteiger partial charge in [-0.15, -0.1) is 0 Å². The van der Waals surface area contributed by atoms with Crippen molar-refractivity contribution in [3.05, 3.63) is 28.2 Å². The van der Waals surface area contributed by atoms with E-state index in [1.54, 1.807) is 0 Å². The topological polar surface area (TPSA) is 41.5 Å². The Morgan fingerprint density at radius 2 is 2.25 bits per heavy atom. The summed E-state index contributed by atoms with van der Waals surface area (Å²) >= 11 is 3.53. The highest BCUT2D eigenvalue weighted by Crippen LogP contribution is 2.25. The van der Waals surface area contributed by atoms with Gasteiger partial charge in [0.05, 0.1) is 6.61 Å². The Morgan fingerprint density at radius 3 is 2.88 bits per heavy atom. The molecule has 1 aliphatic carbocycles. The van der Waals surface area contributed by atoms with Crippen LogP contribution in [0.3, 0.4) is 0 Å². The van der Waals surface area contributed by atoms with Crippen molar-refractivity contribution >= 4 is 15.9 Å². The van der Waals surface area contributed by atoms with Gasteiger partial charge in [0.2, 0.25) is 0 Å². The van der Waals surface area contributed by atoms with Crippen LogP contribution in [0.1, 0.15) is 18.4 Å². The minimum absolute atomic E-state index is 0.0443. The number of nitrogens with one attached hydrogen (secondary N) is 1. The van der Waals surface area contributed by atoms with Gasteiger partial charge in [-0.05, 0) is 30.5 Å². The third-order valence-electron chi connectivity index (χ3n) is 2.54. The lowest BCUT2D eigenvalue weighted by molar-refractivity contribution is 0.201. The molecule has 0 aromatic heterocycles. The SMILES string of the molecule is OCCOc1ccc(CNC2CC2)c(Br)c1. The molecule has 0 heterocycles. The summed E-state index contributed by atoms with van der Waals surface area (Å²) in [4.78, 5) is 0. The zero-order valence-corrected chi connectivity index (χ0v) is 10.7. The van der Waals surface area contributed by atoms with E-state index in [0.717, 1.165) is 22.8 Å². The van der Waals surface area contributed by atoms with E-state index >= 15 is 0 Å². The molecule has 1 aliphatic rings. The van der Waals surface area contributed by atoms with Crippen molar-refractivity contribution in [2.24, 2.45) is 0 Å². The maximum absolute atomic E-state index is 8.66. The smallest absolute Gasteiger partial charge is 0.120 e. The Labute approximate surface area is 104 Å². The first-order chi connectivity index (χ1) is 7.79. The minimum Gasteiger partial charge on any atom is -0.491 e. The molecular formula is C12H16BrNO2. The normalized spacial score (nSPS) is 15.1. The summed E-state index contributed by atoms with van der Waals surface area (Å²) in [5, 5.41) is 12.1. The van der Waals surface area contributed by atoms with Crippen molar-refractivity contribution in [3.63, 3.8) is 0 Å². The maximum Gasteiger partial charge on any atom is 0.120 e. The molecule has 0 unspecified atom stereocenters. The molecule has 0 aliphatic heterocycles. The minimum atomic E-state index is 0.0443. The Morgan fingerprint density at radius 1 is 1.44 bits per heavy atom. The van der Waals surface area contributed by atoms with E-state index in [-0.39, 0.29) is 6.61 Å². The second kappa shape index (κ2) is 5.66. The molecule has 1 aromatic carbocycles. The lowest BCUT2D eigenvalue weighted by atomic mass is 10.2. The summed E-state index contributed by atoms with van der Waals surface area (Å²) in [5.41, 5.74) is 1.24. The molecule has 3 nitrogen and oxygen atoms in total. The first-order valence-electron chi connectivity index (χ1n) is 5.55. The largest absolute Gasteiger partial charge is 0.491 e. The fourth-order valence-corrected chi connectivity index (χ4v) is 1.96. The van der Waals surface area contributed by atoms with Gasteiger partial charge < -0.3 is 15.2 Å². The van der Waals surface area contributed by atoms with Gasteiger partial charge in [0.1, 0.15) is 12.4 Å². The number of aliphatic hydroxyl groups is 1. The lowest BCUT2D eigenvalue weighted by Gasteiger charge is -2.09. The molecule has 16 heavy (non-hydrogen) atoms. The summed E-state index contributed by atoms with van der Waals surface area (Å²) in [6.07, 6.45) is 2.60. The third kappa shape index (κ3) is 3.47. The van der Waals surface area contributed by atoms with Gasteiger partial charge in [0.25, 0.3) is 0 Å². The zero-order valence-electron chi connectivity index (χ0n) is 9.08. The van der Waals surface area contributed by atoms with E-state index in [2.05, 4.69) is 21.2 Å². The van der Waals surface area contributed by atoms with Gasteiger partial charge >= 0.3 is 0 Å². The molecule has 1 saturated carbocycles. The van der Waals surface area contributed by atoms with E-state index in [4.69, 9.17) is 9.84 Å². The maximum atomic E-state index is 8.66. The Kier molecular flexibility index (Phi) is 4.21. The highest BCUT2D eigenvalue weighted by atomic mass is 79.9. The Balaban J connectivity index is 1.92. The van der Waals surface area contributed by atoms with Crippen LogP contribution in [0.25, 0.3) is 0 Å². The van der Waals surface area contributed by atoms with E-state index in [1.165, 1.54) is 18.4 Å². The monoisotopic (exact) mass is 285 g/mol. The Hall–Kier alpha value is -0.580. The van der Waals surface area contributed by atoms with Crippen molar-refractivity contribution in [2.75, 3.05) is 13.2 Å². The quantitative estimate of drug-likeness (QED) is 0.841. The second-order valence-electron chi connectivity index (χ2n) is 3.98. The van der Waals surface area contributed by atoms with Crippen molar-refractivity contribution in [3.8, 4) is 5.75 Å². The van der Waals surface area contributed by atoms with Gasteiger partial charge in [-0.1, -0.05) is 22.0 Å². The summed E-state index contributed by atoms with van der Waals surface area (Å²) in [6.45, 7) is 1.28. The molecule has 2 N–H and O–H groups in total. The molecule has 0 radical (unpaired) electrons. The average molecular weight is 286 g/mol. The van der Waals surface area contributed by atoms with Crippen LogP contribution in [0, 0.1) is 0 Å². The highest BCUT2D eigenvalue weighted by molar-refractivity contribution is 9.10. The molecule has 0 saturated heterocycles. The number of rotatable bonds is 6. The average Bonchev–Trinajstić information content (AvgIpc) is 3.09. The fraction of sp³-hybridized carbons (Fsp3) is 0.500. The molecule has 4 heteroatoms. The summed E-state index contributed by atoms with van der Waals surface area (Å²) < 4.78 is 6.38. The van der Waals surface area contributed by atoms with E-state index in [0.29, 0.717) is 6.61 Å². The van der Waals surface area contributed by atoms with Crippen molar-refractivity contribution in [2.45, 2.75) is 25.4 Å². The molecule has 0 amide bonds. The molecule has 0 spiro atoms. The van der Waals surface area contributed by atoms with Crippen molar-refractivity contribution in [1.82, 2.24) is 5.32 Å². The number of halogens is 1. The molecule has 0 atom stereocenters. The molecule has 2 rings (SSSR count). The molecule has 88 valence electrons. The Bertz CT molecular complexity index is 353. The molecular weight excluding hydrogens is 270 g/mol. The van der Waals surface area contributed by atoms with Crippen LogP contribution >= 0.6 is 15.9 Å². The van der Waals surface area contributed by atoms with Crippen LogP contribution in [-0.2, 0) is 6.54 Å². The van der Waals surface area contributed by atoms with Gasteiger partial charge in [-0.2, -0.15) is 0 Å². The fourth-order valence-electron chi connectivity index (χ4n) is 1.47. The molecule has 1 fully saturated rings. The van der Waals surface area contributed by atoms with Crippen LogP contribution in [0.4, 0.5) is 0 Å². The van der Waals surface area contributed by atoms with E-state index < -0.39 is 0 Å². The predicted octanol–water partition coefficient (Wildman–Crippen LogP) is 2.07. The van der Waals surface area contributed by atoms with Crippen LogP contribution < -0.4 is 10.1 Å². The highest BCUT2D eigenvalue weighted by Gasteiger charge is 2.20. The number of hydrogen-bond acceptors (Lipinski definition) is 3. The molecule has 1 aromatic rings. The van der Waals surface area contributed by atoms with Crippen LogP contribution in [0.5, 0.6) is 5.75 Å². The summed E-state index contributed by atoms with van der Waals surface area (Å²) in [6, 6.07) is 6.65. The third-order valence-corrected chi connectivity index (χ3v) is 3.28. The number of benzene rings is 1. The van der Waals surface area contributed by atoms with E-state index in [1.807, 2.05) is 18.2 Å². The lowest BCUT2D eigenvalue weighted by Crippen LogP contribution is -2.15. The van der Waals surface area contributed by atoms with Gasteiger partial charge in [0, 0.05) is 17.1 Å². The number of hydrogen-bond donors (Lipinski definition) is 2. The standard InChI is InChI=1S/C12H16BrNO2/c13-12-7-11(16-6-5-15)4-1-9(12)8-14-10-2-3-10/h1,4,7,10,14-15H,2-3,5-6,8H2. The van der Waals surface area contributed by atoms with Crippen LogP contribution in [0.2, 0.25) is 0 Å². The van der Waals surface area contributed by atoms with Gasteiger partial charge in [-0.25, -0.2) is 0 Å². The van der Waals surface area contributed by atoms with Crippen molar-refractivity contribution < 1.29 is 9.84 Å². The zero-order chi connectivity index (χ0) is 11.4. The van der Waals surface area contributed by atoms with Crippen LogP contribution in [0.15, 0.2) is 22.7 Å². The van der Waals surface area contributed by atoms with Gasteiger partial charge in [0.15, 0.2) is 0 Å². The number of aliphatic hydroxyl groups excluding tert-OH is 1. The summed E-state index contributed by atoms with van der Waals surface area (Å²) in [7, 11) is 0. The molecule has 0 bridgehead atoms. The second-order valence-corrected chi connectivity index (χ2v) is 4.83. The van der Waals surface area contributed by atoms with Crippen LogP contribution in [-0.4, -0.2) is 24.4 Å². The predicted molar refractivity (Wildman–Crippen MR) is 66.6 cm³/mol. The van der Waals surface area contributed by atoms with Gasteiger partial charge in [-0.3, -0.25) is 0 Å². The number of ether oxygens (including phenoxy) is 1. The van der Waals surface area contributed by atoms with E-state index in [9.17, 15) is 0 Å².